The van der Waals surface area contributed by atoms with E-state index in [1.54, 1.807) is 4.90 Å². The van der Waals surface area contributed by atoms with Gasteiger partial charge in [-0.3, -0.25) is 15.0 Å². The Hall–Kier alpha value is -2.08. The Morgan fingerprint density at radius 2 is 1.86 bits per heavy atom. The lowest BCUT2D eigenvalue weighted by Gasteiger charge is -2.38. The van der Waals surface area contributed by atoms with E-state index in [0.29, 0.717) is 19.0 Å². The third-order valence-corrected chi connectivity index (χ3v) is 4.37. The molecule has 118 valence electrons. The molecule has 22 heavy (non-hydrogen) atoms. The van der Waals surface area contributed by atoms with Crippen molar-refractivity contribution in [2.24, 2.45) is 0 Å². The van der Waals surface area contributed by atoms with Gasteiger partial charge in [-0.15, -0.1) is 0 Å². The van der Waals surface area contributed by atoms with Crippen molar-refractivity contribution in [2.45, 2.75) is 25.8 Å². The number of carbonyl (C=O) groups excluding carboxylic acids is 2. The molecule has 0 spiro atoms. The van der Waals surface area contributed by atoms with Crippen molar-refractivity contribution < 1.29 is 9.59 Å². The van der Waals surface area contributed by atoms with Crippen LogP contribution in [0.25, 0.3) is 0 Å². The maximum absolute atomic E-state index is 11.9. The number of benzene rings is 1. The lowest BCUT2D eigenvalue weighted by molar-refractivity contribution is -0.120. The highest BCUT2D eigenvalue weighted by Gasteiger charge is 2.25. The average molecular weight is 302 g/mol. The molecule has 0 aliphatic carbocycles. The lowest BCUT2D eigenvalue weighted by Crippen LogP contribution is -2.51. The monoisotopic (exact) mass is 302 g/mol. The molecular formula is C16H22N4O2. The molecule has 3 rings (SSSR count). The summed E-state index contributed by atoms with van der Waals surface area (Å²) in [5, 5.41) is 5.78. The maximum Gasteiger partial charge on any atom is 0.328 e. The summed E-state index contributed by atoms with van der Waals surface area (Å²) >= 11 is 0. The van der Waals surface area contributed by atoms with E-state index in [9.17, 15) is 9.59 Å². The highest BCUT2D eigenvalue weighted by atomic mass is 16.2. The molecule has 2 heterocycles. The second-order valence-electron chi connectivity index (χ2n) is 5.73. The summed E-state index contributed by atoms with van der Waals surface area (Å²) in [5.74, 6) is -0.204. The molecule has 2 fully saturated rings. The normalized spacial score (nSPS) is 22.7. The molecule has 6 heteroatoms. The van der Waals surface area contributed by atoms with E-state index in [-0.39, 0.29) is 11.9 Å². The number of nitrogens with one attached hydrogen (secondary N) is 2. The number of carbonyl (C=O) groups is 2. The van der Waals surface area contributed by atoms with E-state index < -0.39 is 0 Å². The van der Waals surface area contributed by atoms with Crippen LogP contribution in [-0.2, 0) is 4.79 Å². The molecule has 1 aromatic carbocycles. The van der Waals surface area contributed by atoms with Crippen molar-refractivity contribution in [2.75, 3.05) is 36.0 Å². The minimum absolute atomic E-state index is 0.204. The lowest BCUT2D eigenvalue weighted by atomic mass is 10.1. The van der Waals surface area contributed by atoms with E-state index in [1.807, 2.05) is 12.1 Å². The number of amides is 3. The molecule has 0 saturated carbocycles. The Morgan fingerprint density at radius 1 is 1.14 bits per heavy atom. The fraction of sp³-hybridized carbons (Fsp3) is 0.500. The van der Waals surface area contributed by atoms with Crippen LogP contribution < -0.4 is 20.4 Å². The molecule has 2 N–H and O–H groups in total. The van der Waals surface area contributed by atoms with Gasteiger partial charge in [-0.25, -0.2) is 4.79 Å². The van der Waals surface area contributed by atoms with Gasteiger partial charge in [0.15, 0.2) is 0 Å². The molecular weight excluding hydrogens is 280 g/mol. The van der Waals surface area contributed by atoms with Crippen molar-refractivity contribution in [3.8, 4) is 0 Å². The number of hydrogen-bond acceptors (Lipinski definition) is 4. The first-order chi connectivity index (χ1) is 10.7. The van der Waals surface area contributed by atoms with Gasteiger partial charge in [-0.05, 0) is 30.7 Å². The molecule has 0 radical (unpaired) electrons. The summed E-state index contributed by atoms with van der Waals surface area (Å²) in [7, 11) is 0. The van der Waals surface area contributed by atoms with Crippen molar-refractivity contribution in [1.82, 2.24) is 10.6 Å². The molecule has 6 nitrogen and oxygen atoms in total. The van der Waals surface area contributed by atoms with Crippen molar-refractivity contribution in [3.05, 3.63) is 24.3 Å². The van der Waals surface area contributed by atoms with Crippen LogP contribution in [0.15, 0.2) is 24.3 Å². The van der Waals surface area contributed by atoms with Gasteiger partial charge in [0.1, 0.15) is 0 Å². The Kier molecular flexibility index (Phi) is 4.29. The van der Waals surface area contributed by atoms with E-state index in [4.69, 9.17) is 0 Å². The average Bonchev–Trinajstić information content (AvgIpc) is 2.55. The minimum atomic E-state index is -0.336. The zero-order valence-electron chi connectivity index (χ0n) is 12.8. The first-order valence-electron chi connectivity index (χ1n) is 7.88. The van der Waals surface area contributed by atoms with E-state index in [0.717, 1.165) is 31.7 Å². The van der Waals surface area contributed by atoms with Crippen LogP contribution in [-0.4, -0.2) is 44.2 Å². The van der Waals surface area contributed by atoms with Gasteiger partial charge in [-0.2, -0.15) is 0 Å². The summed E-state index contributed by atoms with van der Waals surface area (Å²) < 4.78 is 0. The minimum Gasteiger partial charge on any atom is -0.366 e. The van der Waals surface area contributed by atoms with Crippen molar-refractivity contribution in [3.63, 3.8) is 0 Å². The largest absolute Gasteiger partial charge is 0.366 e. The van der Waals surface area contributed by atoms with Crippen LogP contribution >= 0.6 is 0 Å². The number of imide groups is 1. The van der Waals surface area contributed by atoms with E-state index in [1.165, 1.54) is 5.69 Å². The van der Waals surface area contributed by atoms with Gasteiger partial charge >= 0.3 is 6.03 Å². The van der Waals surface area contributed by atoms with Crippen LogP contribution in [0, 0.1) is 0 Å². The van der Waals surface area contributed by atoms with Crippen LogP contribution in [0.5, 0.6) is 0 Å². The zero-order chi connectivity index (χ0) is 15.5. The van der Waals surface area contributed by atoms with Crippen molar-refractivity contribution >= 4 is 23.3 Å². The van der Waals surface area contributed by atoms with Gasteiger partial charge in [0, 0.05) is 50.0 Å². The first-order valence-corrected chi connectivity index (χ1v) is 7.88. The summed E-state index contributed by atoms with van der Waals surface area (Å²) in [4.78, 5) is 27.1. The Balaban J connectivity index is 1.75. The highest BCUT2D eigenvalue weighted by Crippen LogP contribution is 2.24. The molecule has 0 aromatic heterocycles. The summed E-state index contributed by atoms with van der Waals surface area (Å²) in [6.07, 6.45) is 1.45. The highest BCUT2D eigenvalue weighted by molar-refractivity contribution is 6.05. The van der Waals surface area contributed by atoms with Crippen LogP contribution in [0.1, 0.15) is 19.8 Å². The third-order valence-electron chi connectivity index (χ3n) is 4.37. The number of anilines is 2. The molecule has 2 aliphatic heterocycles. The quantitative estimate of drug-likeness (QED) is 0.884. The second-order valence-corrected chi connectivity index (χ2v) is 5.73. The Morgan fingerprint density at radius 3 is 2.55 bits per heavy atom. The number of rotatable bonds is 3. The number of nitrogens with zero attached hydrogens (tertiary/aromatic N) is 2. The van der Waals surface area contributed by atoms with Gasteiger partial charge in [0.2, 0.25) is 5.91 Å². The second kappa shape index (κ2) is 6.36. The van der Waals surface area contributed by atoms with E-state index in [2.05, 4.69) is 34.6 Å². The van der Waals surface area contributed by atoms with Gasteiger partial charge in [-0.1, -0.05) is 6.92 Å². The van der Waals surface area contributed by atoms with Crippen LogP contribution in [0.2, 0.25) is 0 Å². The topological polar surface area (TPSA) is 64.7 Å². The number of piperazine rings is 1. The molecule has 1 aromatic rings. The van der Waals surface area contributed by atoms with Gasteiger partial charge in [0.25, 0.3) is 0 Å². The standard InChI is InChI=1S/C16H22N4O2/c1-2-12-11-17-8-10-19(12)13-3-5-14(6-4-13)20-9-7-15(21)18-16(20)22/h3-6,12,17H,2,7-11H2,1H3,(H,18,21,22)/t12-/m1/s1. The maximum atomic E-state index is 11.9. The predicted molar refractivity (Wildman–Crippen MR) is 86.2 cm³/mol. The molecule has 2 aliphatic rings. The van der Waals surface area contributed by atoms with E-state index >= 15 is 0 Å². The molecule has 1 atom stereocenters. The van der Waals surface area contributed by atoms with Gasteiger partial charge < -0.3 is 10.2 Å². The fourth-order valence-corrected chi connectivity index (χ4v) is 3.10. The van der Waals surface area contributed by atoms with Crippen molar-refractivity contribution in [1.29, 1.82) is 0 Å². The summed E-state index contributed by atoms with van der Waals surface area (Å²) in [6.45, 7) is 5.64. The molecule has 3 amide bonds. The summed E-state index contributed by atoms with van der Waals surface area (Å²) in [5.41, 5.74) is 2.02. The molecule has 0 unspecified atom stereocenters. The molecule has 0 bridgehead atoms. The zero-order valence-corrected chi connectivity index (χ0v) is 12.8. The number of hydrogen-bond donors (Lipinski definition) is 2. The fourth-order valence-electron chi connectivity index (χ4n) is 3.10. The SMILES string of the molecule is CC[C@@H]1CNCCN1c1ccc(N2CCC(=O)NC2=O)cc1. The summed E-state index contributed by atoms with van der Waals surface area (Å²) in [6, 6.07) is 8.21. The molecule has 2 saturated heterocycles. The smallest absolute Gasteiger partial charge is 0.328 e. The Labute approximate surface area is 130 Å². The van der Waals surface area contributed by atoms with Crippen LogP contribution in [0.4, 0.5) is 16.2 Å². The Bertz CT molecular complexity index is 558. The first kappa shape index (κ1) is 14.8. The number of urea groups is 1. The third kappa shape index (κ3) is 2.92. The van der Waals surface area contributed by atoms with Gasteiger partial charge in [0.05, 0.1) is 0 Å². The van der Waals surface area contributed by atoms with Crippen LogP contribution in [0.3, 0.4) is 0 Å². The predicted octanol–water partition coefficient (Wildman–Crippen LogP) is 1.32.